The van der Waals surface area contributed by atoms with Crippen LogP contribution in [0.3, 0.4) is 0 Å². The highest BCUT2D eigenvalue weighted by molar-refractivity contribution is 5.70. The van der Waals surface area contributed by atoms with E-state index in [2.05, 4.69) is 50.3 Å². The SMILES string of the molecule is CCCCC/C=C\C/C=C\CCCCCCCCCCCC(=O)OC(COC(=O)CCCCCCCCCCC/C=C\CCCCCCCC)COC1OC(COC2OC(CO)C(O)C(O)C2O)C(O)C(O)C1O. The fourth-order valence-electron chi connectivity index (χ4n) is 9.24. The van der Waals surface area contributed by atoms with Gasteiger partial charge in [-0.05, 0) is 70.6 Å². The molecule has 0 aromatic heterocycles. The molecule has 2 aliphatic heterocycles. The summed E-state index contributed by atoms with van der Waals surface area (Å²) in [5, 5.41) is 72.3. The van der Waals surface area contributed by atoms with E-state index in [-0.39, 0.29) is 26.1 Å². The monoisotopic (exact) mass is 1050 g/mol. The summed E-state index contributed by atoms with van der Waals surface area (Å²) in [7, 11) is 0. The third kappa shape index (κ3) is 32.5. The molecule has 0 aromatic rings. The Morgan fingerprint density at radius 3 is 1.30 bits per heavy atom. The van der Waals surface area contributed by atoms with Crippen molar-refractivity contribution in [3.05, 3.63) is 36.5 Å². The number of aliphatic hydroxyl groups is 7. The molecule has 15 heteroatoms. The van der Waals surface area contributed by atoms with Gasteiger partial charge in [0, 0.05) is 12.8 Å². The maximum atomic E-state index is 13.1. The minimum absolute atomic E-state index is 0.161. The van der Waals surface area contributed by atoms with Crippen LogP contribution in [-0.2, 0) is 38.0 Å². The molecule has 11 atom stereocenters. The van der Waals surface area contributed by atoms with Gasteiger partial charge in [0.1, 0.15) is 55.4 Å². The van der Waals surface area contributed by atoms with Crippen molar-refractivity contribution in [1.82, 2.24) is 0 Å². The predicted octanol–water partition coefficient (Wildman–Crippen LogP) is 10.1. The van der Waals surface area contributed by atoms with Crippen molar-refractivity contribution in [2.45, 2.75) is 300 Å². The molecule has 0 radical (unpaired) electrons. The Kier molecular flexibility index (Phi) is 41.9. The molecule has 11 unspecified atom stereocenters. The van der Waals surface area contributed by atoms with Crippen LogP contribution in [0.25, 0.3) is 0 Å². The Labute approximate surface area is 446 Å². The largest absolute Gasteiger partial charge is 0.462 e. The molecule has 0 spiro atoms. The summed E-state index contributed by atoms with van der Waals surface area (Å²) in [6.07, 6.45) is 34.4. The second-order valence-electron chi connectivity index (χ2n) is 20.8. The molecule has 7 N–H and O–H groups in total. The van der Waals surface area contributed by atoms with Crippen molar-refractivity contribution in [2.75, 3.05) is 26.4 Å². The van der Waals surface area contributed by atoms with Gasteiger partial charge in [-0.25, -0.2) is 0 Å². The quantitative estimate of drug-likeness (QED) is 0.0171. The highest BCUT2D eigenvalue weighted by Gasteiger charge is 2.47. The van der Waals surface area contributed by atoms with E-state index in [0.717, 1.165) is 57.8 Å². The first-order valence-electron chi connectivity index (χ1n) is 29.6. The van der Waals surface area contributed by atoms with E-state index < -0.39 is 92.7 Å². The lowest BCUT2D eigenvalue weighted by Gasteiger charge is -2.42. The normalized spacial score (nSPS) is 24.9. The second-order valence-corrected chi connectivity index (χ2v) is 20.8. The van der Waals surface area contributed by atoms with Crippen molar-refractivity contribution in [3.8, 4) is 0 Å². The summed E-state index contributed by atoms with van der Waals surface area (Å²) in [4.78, 5) is 25.9. The predicted molar refractivity (Wildman–Crippen MR) is 289 cm³/mol. The van der Waals surface area contributed by atoms with Gasteiger partial charge in [0.25, 0.3) is 0 Å². The number of carbonyl (C=O) groups is 2. The Morgan fingerprint density at radius 1 is 0.432 bits per heavy atom. The minimum Gasteiger partial charge on any atom is -0.462 e. The van der Waals surface area contributed by atoms with E-state index in [1.807, 2.05) is 0 Å². The summed E-state index contributed by atoms with van der Waals surface area (Å²) < 4.78 is 33.7. The van der Waals surface area contributed by atoms with Crippen molar-refractivity contribution in [2.24, 2.45) is 0 Å². The van der Waals surface area contributed by atoms with Gasteiger partial charge < -0.3 is 64.2 Å². The smallest absolute Gasteiger partial charge is 0.306 e. The van der Waals surface area contributed by atoms with Gasteiger partial charge in [-0.3, -0.25) is 9.59 Å². The average molecular weight is 1060 g/mol. The Hall–Kier alpha value is -2.28. The van der Waals surface area contributed by atoms with E-state index in [4.69, 9.17) is 28.4 Å². The highest BCUT2D eigenvalue weighted by atomic mass is 16.7. The molecule has 0 saturated carbocycles. The van der Waals surface area contributed by atoms with Crippen LogP contribution >= 0.6 is 0 Å². The van der Waals surface area contributed by atoms with Crippen LogP contribution in [0, 0.1) is 0 Å². The molecule has 432 valence electrons. The highest BCUT2D eigenvalue weighted by Crippen LogP contribution is 2.27. The van der Waals surface area contributed by atoms with Crippen LogP contribution < -0.4 is 0 Å². The minimum atomic E-state index is -1.77. The van der Waals surface area contributed by atoms with Crippen LogP contribution in [0.1, 0.15) is 232 Å². The van der Waals surface area contributed by atoms with Gasteiger partial charge in [-0.15, -0.1) is 0 Å². The van der Waals surface area contributed by atoms with Crippen LogP contribution in [0.5, 0.6) is 0 Å². The van der Waals surface area contributed by atoms with Crippen molar-refractivity contribution < 1.29 is 73.8 Å². The molecule has 2 fully saturated rings. The van der Waals surface area contributed by atoms with Crippen LogP contribution in [0.2, 0.25) is 0 Å². The zero-order chi connectivity index (χ0) is 53.9. The third-order valence-electron chi connectivity index (χ3n) is 14.1. The van der Waals surface area contributed by atoms with Gasteiger partial charge >= 0.3 is 11.9 Å². The van der Waals surface area contributed by atoms with E-state index in [0.29, 0.717) is 12.8 Å². The number of carbonyl (C=O) groups excluding carboxylic acids is 2. The standard InChI is InChI=1S/C59H106O15/c1-3-5-7-9-11-13-15-17-19-21-23-25-27-29-31-33-35-37-39-41-50(61)69-44-47(72-51(62)42-40-38-36-34-32-30-28-26-24-22-20-18-16-14-12-10-8-6-4-2)45-70-58-57(68)55(66)53(64)49(74-58)46-71-59-56(67)54(65)52(63)48(43-60)73-59/h12,14,17-20,47-49,52-60,63-68H,3-11,13,15-16,21-46H2,1-2H3/b14-12-,19-17-,20-18-. The number of unbranched alkanes of at least 4 members (excludes halogenated alkanes) is 27. The van der Waals surface area contributed by atoms with E-state index in [9.17, 15) is 45.3 Å². The van der Waals surface area contributed by atoms with Crippen molar-refractivity contribution in [1.29, 1.82) is 0 Å². The van der Waals surface area contributed by atoms with E-state index >= 15 is 0 Å². The fourth-order valence-corrected chi connectivity index (χ4v) is 9.24. The molecule has 0 aromatic carbocycles. The number of hydrogen-bond donors (Lipinski definition) is 7. The lowest BCUT2D eigenvalue weighted by atomic mass is 9.98. The van der Waals surface area contributed by atoms with Crippen LogP contribution in [0.4, 0.5) is 0 Å². The molecular weight excluding hydrogens is 949 g/mol. The summed E-state index contributed by atoms with van der Waals surface area (Å²) in [5.41, 5.74) is 0. The summed E-state index contributed by atoms with van der Waals surface area (Å²) in [6, 6.07) is 0. The molecule has 2 aliphatic rings. The van der Waals surface area contributed by atoms with Crippen LogP contribution in [-0.4, -0.2) is 142 Å². The maximum absolute atomic E-state index is 13.1. The lowest BCUT2D eigenvalue weighted by Crippen LogP contribution is -2.61. The molecule has 74 heavy (non-hydrogen) atoms. The Morgan fingerprint density at radius 2 is 0.811 bits per heavy atom. The van der Waals surface area contributed by atoms with Crippen LogP contribution in [0.15, 0.2) is 36.5 Å². The number of esters is 2. The molecule has 2 rings (SSSR count). The van der Waals surface area contributed by atoms with E-state index in [1.54, 1.807) is 0 Å². The first-order chi connectivity index (χ1) is 36.0. The number of hydrogen-bond acceptors (Lipinski definition) is 15. The van der Waals surface area contributed by atoms with E-state index in [1.165, 1.54) is 135 Å². The number of ether oxygens (including phenoxy) is 6. The molecule has 2 saturated heterocycles. The van der Waals surface area contributed by atoms with Gasteiger partial charge in [0.2, 0.25) is 0 Å². The first kappa shape index (κ1) is 67.8. The maximum Gasteiger partial charge on any atom is 0.306 e. The number of rotatable bonds is 47. The third-order valence-corrected chi connectivity index (χ3v) is 14.1. The second kappa shape index (κ2) is 45.7. The Balaban J connectivity index is 1.75. The summed E-state index contributed by atoms with van der Waals surface area (Å²) in [6.45, 7) is 2.59. The molecule has 2 heterocycles. The first-order valence-corrected chi connectivity index (χ1v) is 29.6. The fraction of sp³-hybridized carbons (Fsp3) is 0.864. The molecular formula is C59H106O15. The average Bonchev–Trinajstić information content (AvgIpc) is 3.39. The topological polar surface area (TPSA) is 231 Å². The van der Waals surface area contributed by atoms with Gasteiger partial charge in [-0.2, -0.15) is 0 Å². The summed E-state index contributed by atoms with van der Waals surface area (Å²) in [5.74, 6) is -0.924. The molecule has 15 nitrogen and oxygen atoms in total. The van der Waals surface area contributed by atoms with Crippen molar-refractivity contribution in [3.63, 3.8) is 0 Å². The lowest BCUT2D eigenvalue weighted by molar-refractivity contribution is -0.332. The van der Waals surface area contributed by atoms with Gasteiger partial charge in [-0.1, -0.05) is 185 Å². The molecule has 0 bridgehead atoms. The zero-order valence-corrected chi connectivity index (χ0v) is 46.1. The number of allylic oxidation sites excluding steroid dienone is 6. The number of aliphatic hydroxyl groups excluding tert-OH is 7. The molecule has 0 amide bonds. The Bertz CT molecular complexity index is 1430. The molecule has 0 aliphatic carbocycles. The van der Waals surface area contributed by atoms with Gasteiger partial charge in [0.05, 0.1) is 19.8 Å². The van der Waals surface area contributed by atoms with Crippen molar-refractivity contribution >= 4 is 11.9 Å². The zero-order valence-electron chi connectivity index (χ0n) is 46.1. The summed E-state index contributed by atoms with van der Waals surface area (Å²) >= 11 is 0. The van der Waals surface area contributed by atoms with Gasteiger partial charge in [0.15, 0.2) is 18.7 Å².